The fraction of sp³-hybridized carbons (Fsp3) is 0.500. The van der Waals surface area contributed by atoms with E-state index < -0.39 is 0 Å². The van der Waals surface area contributed by atoms with Gasteiger partial charge in [-0.3, -0.25) is 0 Å². The third-order valence-electron chi connectivity index (χ3n) is 3.40. The Kier molecular flexibility index (Phi) is 2.48. The van der Waals surface area contributed by atoms with E-state index in [2.05, 4.69) is 22.0 Å². The molecule has 1 atom stereocenters. The van der Waals surface area contributed by atoms with E-state index in [1.807, 2.05) is 18.2 Å². The number of likely N-dealkylation sites (tertiary alicyclic amines) is 1. The number of nitrogens with zero attached hydrogens (tertiary/aromatic N) is 4. The maximum atomic E-state index is 5.88. The second kappa shape index (κ2) is 4.00. The molecule has 1 unspecified atom stereocenters. The summed E-state index contributed by atoms with van der Waals surface area (Å²) in [6.07, 6.45) is 2.38. The van der Waals surface area contributed by atoms with Crippen LogP contribution in [0.3, 0.4) is 0 Å². The van der Waals surface area contributed by atoms with Crippen molar-refractivity contribution in [2.24, 2.45) is 0 Å². The van der Waals surface area contributed by atoms with Crippen molar-refractivity contribution in [1.82, 2.24) is 19.5 Å². The SMILES string of the molecule is CN1CCCC(c2nc3cccc(N)n3n2)C1. The van der Waals surface area contributed by atoms with Crippen molar-refractivity contribution < 1.29 is 0 Å². The molecule has 0 radical (unpaired) electrons. The highest BCUT2D eigenvalue weighted by atomic mass is 15.3. The average molecular weight is 231 g/mol. The molecule has 5 nitrogen and oxygen atoms in total. The van der Waals surface area contributed by atoms with Crippen molar-refractivity contribution in [2.75, 3.05) is 25.9 Å². The van der Waals surface area contributed by atoms with Gasteiger partial charge in [-0.2, -0.15) is 4.52 Å². The Balaban J connectivity index is 1.97. The van der Waals surface area contributed by atoms with Gasteiger partial charge >= 0.3 is 0 Å². The molecule has 0 spiro atoms. The fourth-order valence-corrected chi connectivity index (χ4v) is 2.49. The highest BCUT2D eigenvalue weighted by Gasteiger charge is 2.22. The number of nitrogens with two attached hydrogens (primary N) is 1. The molecule has 3 rings (SSSR count). The van der Waals surface area contributed by atoms with Gasteiger partial charge in [-0.15, -0.1) is 5.10 Å². The van der Waals surface area contributed by atoms with Gasteiger partial charge in [0, 0.05) is 12.5 Å². The first-order chi connectivity index (χ1) is 8.24. The molecule has 1 fully saturated rings. The monoisotopic (exact) mass is 231 g/mol. The normalized spacial score (nSPS) is 22.1. The first-order valence-electron chi connectivity index (χ1n) is 6.04. The van der Waals surface area contributed by atoms with Gasteiger partial charge in [0.15, 0.2) is 11.5 Å². The molecule has 0 bridgehead atoms. The number of hydrogen-bond acceptors (Lipinski definition) is 4. The lowest BCUT2D eigenvalue weighted by Crippen LogP contribution is -2.31. The fourth-order valence-electron chi connectivity index (χ4n) is 2.49. The van der Waals surface area contributed by atoms with Crippen LogP contribution in [-0.2, 0) is 0 Å². The predicted molar refractivity (Wildman–Crippen MR) is 66.9 cm³/mol. The zero-order chi connectivity index (χ0) is 11.8. The third kappa shape index (κ3) is 1.86. The van der Waals surface area contributed by atoms with E-state index >= 15 is 0 Å². The lowest BCUT2D eigenvalue weighted by atomic mass is 9.98. The summed E-state index contributed by atoms with van der Waals surface area (Å²) < 4.78 is 1.73. The smallest absolute Gasteiger partial charge is 0.157 e. The number of nitrogen functional groups attached to an aromatic ring is 1. The van der Waals surface area contributed by atoms with Crippen LogP contribution < -0.4 is 5.73 Å². The van der Waals surface area contributed by atoms with Crippen LogP contribution in [0.4, 0.5) is 5.82 Å². The Bertz CT molecular complexity index is 533. The zero-order valence-electron chi connectivity index (χ0n) is 10.0. The number of anilines is 1. The number of likely N-dealkylation sites (N-methyl/N-ethyl adjacent to an activating group) is 1. The van der Waals surface area contributed by atoms with Gasteiger partial charge in [-0.25, -0.2) is 4.98 Å². The zero-order valence-corrected chi connectivity index (χ0v) is 10.0. The molecule has 2 aromatic heterocycles. The van der Waals surface area contributed by atoms with Crippen LogP contribution in [0.15, 0.2) is 18.2 Å². The van der Waals surface area contributed by atoms with Crippen molar-refractivity contribution in [3.05, 3.63) is 24.0 Å². The van der Waals surface area contributed by atoms with Crippen LogP contribution in [0, 0.1) is 0 Å². The van der Waals surface area contributed by atoms with Crippen molar-refractivity contribution in [3.8, 4) is 0 Å². The Labute approximate surface area is 100 Å². The van der Waals surface area contributed by atoms with Crippen molar-refractivity contribution in [2.45, 2.75) is 18.8 Å². The molecule has 1 aliphatic rings. The summed E-state index contributed by atoms with van der Waals surface area (Å²) in [6, 6.07) is 5.70. The van der Waals surface area contributed by atoms with Gasteiger partial charge in [-0.1, -0.05) is 6.07 Å². The van der Waals surface area contributed by atoms with Crippen LogP contribution in [-0.4, -0.2) is 39.6 Å². The van der Waals surface area contributed by atoms with Gasteiger partial charge < -0.3 is 10.6 Å². The van der Waals surface area contributed by atoms with Gasteiger partial charge in [-0.05, 0) is 38.6 Å². The molecule has 0 saturated carbocycles. The van der Waals surface area contributed by atoms with Crippen molar-refractivity contribution in [3.63, 3.8) is 0 Å². The Morgan fingerprint density at radius 3 is 3.06 bits per heavy atom. The topological polar surface area (TPSA) is 59.5 Å². The molecule has 0 aromatic carbocycles. The maximum Gasteiger partial charge on any atom is 0.157 e. The van der Waals surface area contributed by atoms with Crippen molar-refractivity contribution in [1.29, 1.82) is 0 Å². The minimum absolute atomic E-state index is 0.438. The summed E-state index contributed by atoms with van der Waals surface area (Å²) in [4.78, 5) is 6.91. The number of aromatic nitrogens is 3. The molecule has 17 heavy (non-hydrogen) atoms. The van der Waals surface area contributed by atoms with E-state index in [1.165, 1.54) is 19.4 Å². The van der Waals surface area contributed by atoms with Gasteiger partial charge in [0.1, 0.15) is 5.82 Å². The van der Waals surface area contributed by atoms with E-state index in [-0.39, 0.29) is 0 Å². The number of piperidine rings is 1. The van der Waals surface area contributed by atoms with Crippen LogP contribution >= 0.6 is 0 Å². The molecule has 0 amide bonds. The molecule has 2 aromatic rings. The van der Waals surface area contributed by atoms with Gasteiger partial charge in [0.2, 0.25) is 0 Å². The molecular formula is C12H17N5. The van der Waals surface area contributed by atoms with E-state index in [0.717, 1.165) is 18.0 Å². The molecular weight excluding hydrogens is 214 g/mol. The van der Waals surface area contributed by atoms with E-state index in [0.29, 0.717) is 11.7 Å². The van der Waals surface area contributed by atoms with E-state index in [9.17, 15) is 0 Å². The van der Waals surface area contributed by atoms with E-state index in [4.69, 9.17) is 5.73 Å². The molecule has 1 aliphatic heterocycles. The largest absolute Gasteiger partial charge is 0.384 e. The lowest BCUT2D eigenvalue weighted by molar-refractivity contribution is 0.246. The van der Waals surface area contributed by atoms with Crippen LogP contribution in [0.1, 0.15) is 24.6 Å². The number of hydrogen-bond donors (Lipinski definition) is 1. The summed E-state index contributed by atoms with van der Waals surface area (Å²) in [6.45, 7) is 2.21. The molecule has 3 heterocycles. The maximum absolute atomic E-state index is 5.88. The second-order valence-electron chi connectivity index (χ2n) is 4.79. The minimum atomic E-state index is 0.438. The van der Waals surface area contributed by atoms with E-state index in [1.54, 1.807) is 4.52 Å². The lowest BCUT2D eigenvalue weighted by Gasteiger charge is -2.27. The summed E-state index contributed by atoms with van der Waals surface area (Å²) in [7, 11) is 2.15. The Morgan fingerprint density at radius 1 is 1.41 bits per heavy atom. The molecule has 2 N–H and O–H groups in total. The first-order valence-corrected chi connectivity index (χ1v) is 6.04. The summed E-state index contributed by atoms with van der Waals surface area (Å²) >= 11 is 0. The average Bonchev–Trinajstić information content (AvgIpc) is 2.74. The molecule has 1 saturated heterocycles. The molecule has 0 aliphatic carbocycles. The third-order valence-corrected chi connectivity index (χ3v) is 3.40. The number of fused-ring (bicyclic) bond motifs is 1. The standard InChI is InChI=1S/C12H17N5/c1-16-7-3-4-9(8-16)12-14-11-6-2-5-10(13)17(11)15-12/h2,5-6,9H,3-4,7-8,13H2,1H3. The summed E-state index contributed by atoms with van der Waals surface area (Å²) in [5.74, 6) is 2.01. The van der Waals surface area contributed by atoms with Crippen LogP contribution in [0.5, 0.6) is 0 Å². The predicted octanol–water partition coefficient (Wildman–Crippen LogP) is 1.12. The van der Waals surface area contributed by atoms with Crippen LogP contribution in [0.2, 0.25) is 0 Å². The number of rotatable bonds is 1. The second-order valence-corrected chi connectivity index (χ2v) is 4.79. The number of pyridine rings is 1. The summed E-state index contributed by atoms with van der Waals surface area (Å²) in [5.41, 5.74) is 6.72. The minimum Gasteiger partial charge on any atom is -0.384 e. The first kappa shape index (κ1) is 10.5. The Morgan fingerprint density at radius 2 is 2.29 bits per heavy atom. The molecule has 90 valence electrons. The van der Waals surface area contributed by atoms with Gasteiger partial charge in [0.05, 0.1) is 0 Å². The molecule has 5 heteroatoms. The Hall–Kier alpha value is -1.62. The summed E-state index contributed by atoms with van der Waals surface area (Å²) in [5, 5.41) is 4.52. The van der Waals surface area contributed by atoms with Crippen LogP contribution in [0.25, 0.3) is 5.65 Å². The van der Waals surface area contributed by atoms with Crippen molar-refractivity contribution >= 4 is 11.5 Å². The highest BCUT2D eigenvalue weighted by molar-refractivity contribution is 5.46. The van der Waals surface area contributed by atoms with Gasteiger partial charge in [0.25, 0.3) is 0 Å². The highest BCUT2D eigenvalue weighted by Crippen LogP contribution is 2.24. The quantitative estimate of drug-likeness (QED) is 0.799.